The summed E-state index contributed by atoms with van der Waals surface area (Å²) < 4.78 is 6.40. The van der Waals surface area contributed by atoms with E-state index in [4.69, 9.17) is 4.74 Å². The molecule has 0 atom stereocenters. The minimum absolute atomic E-state index is 0.504. The van der Waals surface area contributed by atoms with Gasteiger partial charge in [-0.2, -0.15) is 10.1 Å². The molecule has 0 unspecified atom stereocenters. The van der Waals surface area contributed by atoms with Crippen LogP contribution >= 0.6 is 15.9 Å². The Morgan fingerprint density at radius 3 is 2.86 bits per heavy atom. The fourth-order valence-electron chi connectivity index (χ4n) is 2.18. The van der Waals surface area contributed by atoms with E-state index in [1.807, 2.05) is 25.1 Å². The van der Waals surface area contributed by atoms with Gasteiger partial charge in [-0.1, -0.05) is 15.9 Å². The predicted octanol–water partition coefficient (Wildman–Crippen LogP) is 2.52. The lowest BCUT2D eigenvalue weighted by molar-refractivity contribution is 0.122. The van der Waals surface area contributed by atoms with Gasteiger partial charge in [-0.25, -0.2) is 0 Å². The molecule has 0 bridgehead atoms. The van der Waals surface area contributed by atoms with Crippen molar-refractivity contribution in [3.05, 3.63) is 34.4 Å². The summed E-state index contributed by atoms with van der Waals surface area (Å²) in [7, 11) is 0. The molecule has 1 aliphatic heterocycles. The van der Waals surface area contributed by atoms with Crippen LogP contribution < -0.4 is 10.2 Å². The zero-order valence-electron chi connectivity index (χ0n) is 11.7. The van der Waals surface area contributed by atoms with Gasteiger partial charge < -0.3 is 15.0 Å². The highest BCUT2D eigenvalue weighted by Crippen LogP contribution is 2.23. The van der Waals surface area contributed by atoms with Gasteiger partial charge in [-0.15, -0.1) is 5.10 Å². The summed E-state index contributed by atoms with van der Waals surface area (Å²) in [6, 6.07) is 6.01. The lowest BCUT2D eigenvalue weighted by Crippen LogP contribution is -2.37. The van der Waals surface area contributed by atoms with Gasteiger partial charge in [-0.3, -0.25) is 0 Å². The van der Waals surface area contributed by atoms with Crippen LogP contribution in [0.3, 0.4) is 0 Å². The van der Waals surface area contributed by atoms with Crippen LogP contribution in [0.15, 0.2) is 28.9 Å². The number of aryl methyl sites for hydroxylation is 1. The third kappa shape index (κ3) is 3.48. The minimum Gasteiger partial charge on any atom is -0.378 e. The van der Waals surface area contributed by atoms with E-state index < -0.39 is 0 Å². The topological polar surface area (TPSA) is 63.2 Å². The van der Waals surface area contributed by atoms with Crippen LogP contribution in [0, 0.1) is 6.92 Å². The first kappa shape index (κ1) is 14.2. The van der Waals surface area contributed by atoms with Crippen LogP contribution in [-0.2, 0) is 4.74 Å². The zero-order valence-corrected chi connectivity index (χ0v) is 13.3. The summed E-state index contributed by atoms with van der Waals surface area (Å²) in [5.74, 6) is 1.33. The van der Waals surface area contributed by atoms with Crippen molar-refractivity contribution in [1.29, 1.82) is 0 Å². The number of rotatable bonds is 3. The highest BCUT2D eigenvalue weighted by molar-refractivity contribution is 9.10. The summed E-state index contributed by atoms with van der Waals surface area (Å²) in [4.78, 5) is 6.68. The van der Waals surface area contributed by atoms with Crippen LogP contribution in [0.4, 0.5) is 17.5 Å². The second-order valence-corrected chi connectivity index (χ2v) is 5.74. The van der Waals surface area contributed by atoms with Gasteiger partial charge in [0.2, 0.25) is 5.95 Å². The largest absolute Gasteiger partial charge is 0.378 e. The van der Waals surface area contributed by atoms with Gasteiger partial charge in [0.25, 0.3) is 0 Å². The van der Waals surface area contributed by atoms with Crippen molar-refractivity contribution in [2.75, 3.05) is 36.5 Å². The molecule has 0 radical (unpaired) electrons. The van der Waals surface area contributed by atoms with Crippen molar-refractivity contribution in [3.8, 4) is 0 Å². The van der Waals surface area contributed by atoms with Crippen LogP contribution in [-0.4, -0.2) is 41.5 Å². The van der Waals surface area contributed by atoms with Crippen molar-refractivity contribution in [2.45, 2.75) is 6.92 Å². The Hall–Kier alpha value is -1.73. The van der Waals surface area contributed by atoms with Crippen molar-refractivity contribution < 1.29 is 4.74 Å². The molecule has 2 heterocycles. The Balaban J connectivity index is 1.79. The minimum atomic E-state index is 0.504. The Morgan fingerprint density at radius 1 is 1.29 bits per heavy atom. The molecular weight excluding hydrogens is 334 g/mol. The maximum absolute atomic E-state index is 5.35. The predicted molar refractivity (Wildman–Crippen MR) is 85.0 cm³/mol. The summed E-state index contributed by atoms with van der Waals surface area (Å²) in [6.07, 6.45) is 1.69. The lowest BCUT2D eigenvalue weighted by Gasteiger charge is -2.27. The average molecular weight is 350 g/mol. The number of aromatic nitrogens is 3. The van der Waals surface area contributed by atoms with Crippen LogP contribution in [0.5, 0.6) is 0 Å². The van der Waals surface area contributed by atoms with Gasteiger partial charge in [0, 0.05) is 23.2 Å². The molecule has 1 aromatic carbocycles. The Kier molecular flexibility index (Phi) is 4.31. The standard InChI is InChI=1S/C14H16BrN5O/c1-10-8-11(15)2-3-12(10)17-14-18-13(9-16-19-14)20-4-6-21-7-5-20/h2-3,8-9H,4-7H2,1H3,(H,17,18,19). The average Bonchev–Trinajstić information content (AvgIpc) is 2.51. The molecule has 1 aromatic heterocycles. The first-order valence-corrected chi connectivity index (χ1v) is 7.57. The quantitative estimate of drug-likeness (QED) is 0.918. The Morgan fingerprint density at radius 2 is 2.10 bits per heavy atom. The molecule has 7 heteroatoms. The van der Waals surface area contributed by atoms with E-state index >= 15 is 0 Å². The molecule has 110 valence electrons. The zero-order chi connectivity index (χ0) is 14.7. The number of halogens is 1. The summed E-state index contributed by atoms with van der Waals surface area (Å²) in [5.41, 5.74) is 2.09. The van der Waals surface area contributed by atoms with E-state index in [0.717, 1.165) is 47.8 Å². The van der Waals surface area contributed by atoms with E-state index in [1.54, 1.807) is 6.20 Å². The molecule has 0 saturated carbocycles. The van der Waals surface area contributed by atoms with E-state index in [0.29, 0.717) is 5.95 Å². The summed E-state index contributed by atoms with van der Waals surface area (Å²) in [6.45, 7) is 5.13. The van der Waals surface area contributed by atoms with Gasteiger partial charge in [0.1, 0.15) is 0 Å². The first-order valence-electron chi connectivity index (χ1n) is 6.78. The van der Waals surface area contributed by atoms with Gasteiger partial charge in [0.05, 0.1) is 19.4 Å². The normalized spacial score (nSPS) is 15.0. The molecule has 0 spiro atoms. The number of anilines is 3. The fraction of sp³-hybridized carbons (Fsp3) is 0.357. The van der Waals surface area contributed by atoms with Crippen LogP contribution in [0.25, 0.3) is 0 Å². The Labute approximate surface area is 131 Å². The molecule has 3 rings (SSSR count). The van der Waals surface area contributed by atoms with Crippen LogP contribution in [0.2, 0.25) is 0 Å². The maximum atomic E-state index is 5.35. The second-order valence-electron chi connectivity index (χ2n) is 4.82. The van der Waals surface area contributed by atoms with E-state index in [-0.39, 0.29) is 0 Å². The number of hydrogen-bond donors (Lipinski definition) is 1. The van der Waals surface area contributed by atoms with E-state index in [9.17, 15) is 0 Å². The van der Waals surface area contributed by atoms with Crippen molar-refractivity contribution in [1.82, 2.24) is 15.2 Å². The smallest absolute Gasteiger partial charge is 0.249 e. The number of benzene rings is 1. The summed E-state index contributed by atoms with van der Waals surface area (Å²) in [5, 5.41) is 11.3. The molecule has 21 heavy (non-hydrogen) atoms. The van der Waals surface area contributed by atoms with E-state index in [2.05, 4.69) is 41.3 Å². The molecule has 0 amide bonds. The monoisotopic (exact) mass is 349 g/mol. The summed E-state index contributed by atoms with van der Waals surface area (Å²) >= 11 is 3.46. The molecule has 2 aromatic rings. The molecule has 1 saturated heterocycles. The highest BCUT2D eigenvalue weighted by Gasteiger charge is 2.14. The highest BCUT2D eigenvalue weighted by atomic mass is 79.9. The lowest BCUT2D eigenvalue weighted by atomic mass is 10.2. The molecule has 0 aliphatic carbocycles. The molecule has 6 nitrogen and oxygen atoms in total. The number of hydrogen-bond acceptors (Lipinski definition) is 6. The second kappa shape index (κ2) is 6.36. The fourth-order valence-corrected chi connectivity index (χ4v) is 2.66. The van der Waals surface area contributed by atoms with Crippen LogP contribution in [0.1, 0.15) is 5.56 Å². The number of nitrogens with zero attached hydrogens (tertiary/aromatic N) is 4. The number of morpholine rings is 1. The molecular formula is C14H16BrN5O. The Bertz CT molecular complexity index is 631. The number of ether oxygens (including phenoxy) is 1. The first-order chi connectivity index (χ1) is 10.2. The maximum Gasteiger partial charge on any atom is 0.249 e. The van der Waals surface area contributed by atoms with Gasteiger partial charge in [-0.05, 0) is 30.7 Å². The van der Waals surface area contributed by atoms with Gasteiger partial charge >= 0.3 is 0 Å². The molecule has 1 aliphatic rings. The molecule has 1 fully saturated rings. The van der Waals surface area contributed by atoms with Crippen molar-refractivity contribution in [2.24, 2.45) is 0 Å². The molecule has 1 N–H and O–H groups in total. The van der Waals surface area contributed by atoms with E-state index in [1.165, 1.54) is 0 Å². The van der Waals surface area contributed by atoms with Crippen molar-refractivity contribution in [3.63, 3.8) is 0 Å². The SMILES string of the molecule is Cc1cc(Br)ccc1Nc1nncc(N2CCOCC2)n1. The number of nitrogens with one attached hydrogen (secondary N) is 1. The third-order valence-electron chi connectivity index (χ3n) is 3.32. The third-order valence-corrected chi connectivity index (χ3v) is 3.81. The van der Waals surface area contributed by atoms with Crippen molar-refractivity contribution >= 4 is 33.4 Å². The van der Waals surface area contributed by atoms with Gasteiger partial charge in [0.15, 0.2) is 5.82 Å².